The maximum atomic E-state index is 12.9. The first-order chi connectivity index (χ1) is 15.1. The summed E-state index contributed by atoms with van der Waals surface area (Å²) in [6, 6.07) is 14.7. The number of nitrogens with one attached hydrogen (secondary N) is 2. The quantitative estimate of drug-likeness (QED) is 0.366. The molecule has 3 rings (SSSR count). The topological polar surface area (TPSA) is 92.6 Å². The Balaban J connectivity index is 1.99. The van der Waals surface area contributed by atoms with Crippen molar-refractivity contribution in [3.8, 4) is 5.75 Å². The van der Waals surface area contributed by atoms with E-state index in [2.05, 4.69) is 15.2 Å². The van der Waals surface area contributed by atoms with Crippen molar-refractivity contribution in [3.63, 3.8) is 0 Å². The van der Waals surface area contributed by atoms with Crippen molar-refractivity contribution < 1.29 is 19.4 Å². The lowest BCUT2D eigenvalue weighted by atomic mass is 10.1. The van der Waals surface area contributed by atoms with Crippen LogP contribution >= 0.6 is 0 Å². The number of hydrogen-bond acceptors (Lipinski definition) is 4. The van der Waals surface area contributed by atoms with Crippen LogP contribution in [0, 0.1) is 0 Å². The first-order valence-corrected chi connectivity index (χ1v) is 10.2. The molecule has 0 aliphatic rings. The number of carbonyl (C=O) groups is 2. The zero-order valence-electron chi connectivity index (χ0n) is 17.7. The fourth-order valence-electron chi connectivity index (χ4n) is 3.36. The molecule has 7 heteroatoms. The molecule has 7 nitrogen and oxygen atoms in total. The van der Waals surface area contributed by atoms with Crippen molar-refractivity contribution in [1.29, 1.82) is 0 Å². The van der Waals surface area contributed by atoms with E-state index in [4.69, 9.17) is 9.84 Å². The second-order valence-corrected chi connectivity index (χ2v) is 6.93. The summed E-state index contributed by atoms with van der Waals surface area (Å²) in [7, 11) is 1.49. The molecule has 3 N–H and O–H groups in total. The summed E-state index contributed by atoms with van der Waals surface area (Å²) in [4.78, 5) is 25.8. The SMILES string of the molecule is CCn1cc(C=C(NC(=O)c2ccccc2OC)C(=O)NCCCO)c2ccccc21. The Labute approximate surface area is 181 Å². The Kier molecular flexibility index (Phi) is 7.45. The lowest BCUT2D eigenvalue weighted by Crippen LogP contribution is -2.35. The fraction of sp³-hybridized carbons (Fsp3) is 0.250. The van der Waals surface area contributed by atoms with Crippen LogP contribution in [0.5, 0.6) is 5.75 Å². The lowest BCUT2D eigenvalue weighted by Gasteiger charge is -2.12. The van der Waals surface area contributed by atoms with E-state index in [0.717, 1.165) is 23.0 Å². The standard InChI is InChI=1S/C24H27N3O4/c1-3-27-16-17(18-9-4-6-11-21(18)27)15-20(24(30)25-13-8-14-28)26-23(29)19-10-5-7-12-22(19)31-2/h4-7,9-12,15-16,28H,3,8,13-14H2,1-2H3,(H,25,30)(H,26,29). The minimum absolute atomic E-state index is 0.0309. The van der Waals surface area contributed by atoms with E-state index in [1.54, 1.807) is 30.3 Å². The molecule has 0 saturated carbocycles. The zero-order valence-corrected chi connectivity index (χ0v) is 17.7. The summed E-state index contributed by atoms with van der Waals surface area (Å²) < 4.78 is 7.36. The molecule has 0 unspecified atom stereocenters. The van der Waals surface area contributed by atoms with E-state index in [0.29, 0.717) is 24.3 Å². The zero-order chi connectivity index (χ0) is 22.2. The molecule has 162 valence electrons. The number of hydrogen-bond donors (Lipinski definition) is 3. The summed E-state index contributed by atoms with van der Waals surface area (Å²) in [5, 5.41) is 15.5. The highest BCUT2D eigenvalue weighted by Crippen LogP contribution is 2.24. The number of aromatic nitrogens is 1. The number of aliphatic hydroxyl groups is 1. The number of ether oxygens (including phenoxy) is 1. The third kappa shape index (κ3) is 5.13. The molecule has 3 aromatic rings. The van der Waals surface area contributed by atoms with Gasteiger partial charge in [0.2, 0.25) is 0 Å². The van der Waals surface area contributed by atoms with Gasteiger partial charge in [0, 0.05) is 42.4 Å². The molecule has 0 bridgehead atoms. The molecular formula is C24H27N3O4. The van der Waals surface area contributed by atoms with E-state index >= 15 is 0 Å². The molecule has 0 radical (unpaired) electrons. The summed E-state index contributed by atoms with van der Waals surface area (Å²) in [5.41, 5.74) is 2.32. The van der Waals surface area contributed by atoms with Crippen LogP contribution in [0.1, 0.15) is 29.3 Å². The summed E-state index contributed by atoms with van der Waals surface area (Å²) >= 11 is 0. The predicted molar refractivity (Wildman–Crippen MR) is 121 cm³/mol. The molecule has 0 fully saturated rings. The van der Waals surface area contributed by atoms with Crippen molar-refractivity contribution in [2.45, 2.75) is 19.9 Å². The van der Waals surface area contributed by atoms with Crippen molar-refractivity contribution in [3.05, 3.63) is 71.6 Å². The highest BCUT2D eigenvalue weighted by Gasteiger charge is 2.18. The molecule has 31 heavy (non-hydrogen) atoms. The number of amides is 2. The van der Waals surface area contributed by atoms with Crippen LogP contribution in [0.25, 0.3) is 17.0 Å². The number of carbonyl (C=O) groups excluding carboxylic acids is 2. The van der Waals surface area contributed by atoms with Gasteiger partial charge in [0.1, 0.15) is 11.4 Å². The van der Waals surface area contributed by atoms with Gasteiger partial charge in [0.25, 0.3) is 11.8 Å². The molecule has 0 saturated heterocycles. The minimum atomic E-state index is -0.444. The number of fused-ring (bicyclic) bond motifs is 1. The molecule has 1 aromatic heterocycles. The molecule has 0 spiro atoms. The van der Waals surface area contributed by atoms with Gasteiger partial charge < -0.3 is 25.0 Å². The number of benzene rings is 2. The first-order valence-electron chi connectivity index (χ1n) is 10.2. The van der Waals surface area contributed by atoms with Gasteiger partial charge in [-0.1, -0.05) is 30.3 Å². The van der Waals surface area contributed by atoms with Gasteiger partial charge in [0.15, 0.2) is 0 Å². The van der Waals surface area contributed by atoms with Crippen molar-refractivity contribution >= 4 is 28.8 Å². The van der Waals surface area contributed by atoms with Crippen LogP contribution in [0.3, 0.4) is 0 Å². The summed E-state index contributed by atoms with van der Waals surface area (Å²) in [6.07, 6.45) is 4.06. The molecule has 2 amide bonds. The number of aliphatic hydroxyl groups excluding tert-OH is 1. The highest BCUT2D eigenvalue weighted by atomic mass is 16.5. The van der Waals surface area contributed by atoms with Crippen LogP contribution in [-0.4, -0.2) is 41.7 Å². The Morgan fingerprint density at radius 3 is 2.61 bits per heavy atom. The van der Waals surface area contributed by atoms with E-state index in [-0.39, 0.29) is 12.3 Å². The third-order valence-corrected chi connectivity index (χ3v) is 4.92. The Morgan fingerprint density at radius 1 is 1.13 bits per heavy atom. The number of methoxy groups -OCH3 is 1. The van der Waals surface area contributed by atoms with E-state index < -0.39 is 11.8 Å². The summed E-state index contributed by atoms with van der Waals surface area (Å²) in [6.45, 7) is 3.09. The van der Waals surface area contributed by atoms with Crippen molar-refractivity contribution in [2.24, 2.45) is 0 Å². The van der Waals surface area contributed by atoms with Crippen LogP contribution in [0.15, 0.2) is 60.4 Å². The van der Waals surface area contributed by atoms with Gasteiger partial charge in [-0.3, -0.25) is 9.59 Å². The number of nitrogens with zero attached hydrogens (tertiary/aromatic N) is 1. The highest BCUT2D eigenvalue weighted by molar-refractivity contribution is 6.07. The second-order valence-electron chi connectivity index (χ2n) is 6.93. The predicted octanol–water partition coefficient (Wildman–Crippen LogP) is 2.94. The monoisotopic (exact) mass is 421 g/mol. The molecule has 0 atom stereocenters. The molecule has 1 heterocycles. The van der Waals surface area contributed by atoms with E-state index in [1.165, 1.54) is 7.11 Å². The average molecular weight is 421 g/mol. The van der Waals surface area contributed by atoms with Crippen LogP contribution in [0.4, 0.5) is 0 Å². The molecule has 0 aliphatic heterocycles. The van der Waals surface area contributed by atoms with Gasteiger partial charge in [-0.15, -0.1) is 0 Å². The van der Waals surface area contributed by atoms with Crippen LogP contribution in [-0.2, 0) is 11.3 Å². The van der Waals surface area contributed by atoms with Gasteiger partial charge in [-0.2, -0.15) is 0 Å². The van der Waals surface area contributed by atoms with E-state index in [9.17, 15) is 9.59 Å². The van der Waals surface area contributed by atoms with Crippen LogP contribution < -0.4 is 15.4 Å². The number of para-hydroxylation sites is 2. The molecule has 0 aliphatic carbocycles. The third-order valence-electron chi connectivity index (χ3n) is 4.92. The maximum absolute atomic E-state index is 12.9. The van der Waals surface area contributed by atoms with Crippen molar-refractivity contribution in [1.82, 2.24) is 15.2 Å². The Hall–Kier alpha value is -3.58. The lowest BCUT2D eigenvalue weighted by molar-refractivity contribution is -0.117. The van der Waals surface area contributed by atoms with Gasteiger partial charge in [-0.05, 0) is 37.6 Å². The Bertz CT molecular complexity index is 1100. The van der Waals surface area contributed by atoms with Gasteiger partial charge >= 0.3 is 0 Å². The smallest absolute Gasteiger partial charge is 0.267 e. The minimum Gasteiger partial charge on any atom is -0.496 e. The maximum Gasteiger partial charge on any atom is 0.267 e. The number of aryl methyl sites for hydroxylation is 1. The Morgan fingerprint density at radius 2 is 1.87 bits per heavy atom. The second kappa shape index (κ2) is 10.4. The molecular weight excluding hydrogens is 394 g/mol. The number of rotatable bonds is 9. The van der Waals surface area contributed by atoms with Crippen molar-refractivity contribution in [2.75, 3.05) is 20.3 Å². The van der Waals surface area contributed by atoms with Gasteiger partial charge in [0.05, 0.1) is 12.7 Å². The van der Waals surface area contributed by atoms with E-state index in [1.807, 2.05) is 37.4 Å². The van der Waals surface area contributed by atoms with Crippen LogP contribution in [0.2, 0.25) is 0 Å². The fourth-order valence-corrected chi connectivity index (χ4v) is 3.36. The first kappa shape index (κ1) is 22.1. The van der Waals surface area contributed by atoms with Gasteiger partial charge in [-0.25, -0.2) is 0 Å². The molecule has 2 aromatic carbocycles. The largest absolute Gasteiger partial charge is 0.496 e. The summed E-state index contributed by atoms with van der Waals surface area (Å²) in [5.74, 6) is -0.451. The average Bonchev–Trinajstić information content (AvgIpc) is 3.16. The normalized spacial score (nSPS) is 11.4.